The van der Waals surface area contributed by atoms with E-state index in [9.17, 15) is 22.0 Å². The molecule has 0 bridgehead atoms. The quantitative estimate of drug-likeness (QED) is 0.443. The minimum Gasteiger partial charge on any atom is -0.443 e. The summed E-state index contributed by atoms with van der Waals surface area (Å²) in [7, 11) is -4.47. The first-order valence-electron chi connectivity index (χ1n) is 7.65. The maximum Gasteiger partial charge on any atom is 0.429 e. The van der Waals surface area contributed by atoms with E-state index in [0.29, 0.717) is 4.31 Å². The molecule has 1 aliphatic rings. The van der Waals surface area contributed by atoms with Gasteiger partial charge in [-0.15, -0.1) is 0 Å². The van der Waals surface area contributed by atoms with Gasteiger partial charge in [0.15, 0.2) is 0 Å². The standard InChI is InChI=1S/C15H18ClF2IN2O4S/c1-15(2,3)25-14(22)21(11-5-4-10(18)13(19)12(11)16)26(23,24)20-7-6-9(17)8-20/h4-5,9H,6-8H2,1-3H3/t9-/m1/s1. The number of nitrogens with zero attached hydrogens (tertiary/aromatic N) is 2. The van der Waals surface area contributed by atoms with E-state index in [1.165, 1.54) is 0 Å². The van der Waals surface area contributed by atoms with Crippen molar-refractivity contribution in [3.05, 3.63) is 26.5 Å². The molecule has 0 aliphatic carbocycles. The maximum absolute atomic E-state index is 13.7. The van der Waals surface area contributed by atoms with E-state index in [0.717, 1.165) is 16.4 Å². The second-order valence-corrected chi connectivity index (χ2v) is 9.92. The lowest BCUT2D eigenvalue weighted by Gasteiger charge is -2.30. The van der Waals surface area contributed by atoms with Gasteiger partial charge in [0.25, 0.3) is 0 Å². The molecule has 0 spiro atoms. The van der Waals surface area contributed by atoms with Gasteiger partial charge in [-0.2, -0.15) is 17.0 Å². The average molecular weight is 523 g/mol. The van der Waals surface area contributed by atoms with Crippen LogP contribution in [0.4, 0.5) is 19.3 Å². The van der Waals surface area contributed by atoms with Gasteiger partial charge in [-0.25, -0.2) is 13.6 Å². The average Bonchev–Trinajstić information content (AvgIpc) is 2.93. The topological polar surface area (TPSA) is 66.9 Å². The molecule has 1 heterocycles. The summed E-state index contributed by atoms with van der Waals surface area (Å²) < 4.78 is 59.5. The summed E-state index contributed by atoms with van der Waals surface area (Å²) in [5, 5.41) is -0.254. The van der Waals surface area contributed by atoms with Gasteiger partial charge in [0.1, 0.15) is 17.6 Å². The fraction of sp³-hybridized carbons (Fsp3) is 0.533. The largest absolute Gasteiger partial charge is 0.443 e. The predicted octanol–water partition coefficient (Wildman–Crippen LogP) is 4.11. The van der Waals surface area contributed by atoms with Crippen molar-refractivity contribution < 1.29 is 26.7 Å². The number of rotatable bonds is 3. The number of carbonyl (C=O) groups is 1. The molecule has 26 heavy (non-hydrogen) atoms. The fourth-order valence-electron chi connectivity index (χ4n) is 2.31. The summed E-state index contributed by atoms with van der Waals surface area (Å²) in [5.41, 5.74) is -1.24. The Hall–Kier alpha value is -0.720. The highest BCUT2D eigenvalue weighted by molar-refractivity contribution is 14.1. The van der Waals surface area contributed by atoms with E-state index >= 15 is 0 Å². The summed E-state index contributed by atoms with van der Waals surface area (Å²) in [4.78, 5) is 12.6. The molecule has 2 rings (SSSR count). The molecule has 1 saturated heterocycles. The van der Waals surface area contributed by atoms with Crippen molar-refractivity contribution in [1.29, 1.82) is 0 Å². The van der Waals surface area contributed by atoms with Crippen LogP contribution in [0.25, 0.3) is 0 Å². The van der Waals surface area contributed by atoms with Crippen LogP contribution < -0.4 is 4.31 Å². The van der Waals surface area contributed by atoms with E-state index in [4.69, 9.17) is 16.3 Å². The Balaban J connectivity index is 2.57. The van der Waals surface area contributed by atoms with Crippen LogP contribution in [-0.4, -0.2) is 43.7 Å². The molecule has 1 fully saturated rings. The second kappa shape index (κ2) is 7.72. The smallest absolute Gasteiger partial charge is 0.429 e. The summed E-state index contributed by atoms with van der Waals surface area (Å²) >= 11 is 7.70. The number of carbonyl (C=O) groups excluding carboxylic acids is 1. The molecular weight excluding hydrogens is 505 g/mol. The number of hydrogen-bond acceptors (Lipinski definition) is 4. The Morgan fingerprint density at radius 1 is 1.42 bits per heavy atom. The van der Waals surface area contributed by atoms with E-state index in [2.05, 4.69) is 0 Å². The van der Waals surface area contributed by atoms with Crippen LogP contribution in [-0.2, 0) is 14.9 Å². The highest BCUT2D eigenvalue weighted by atomic mass is 127. The third-order valence-corrected chi connectivity index (χ3v) is 6.99. The number of benzene rings is 1. The summed E-state index contributed by atoms with van der Waals surface area (Å²) in [6.45, 7) is 4.24. The minimum atomic E-state index is -4.47. The maximum atomic E-state index is 13.7. The third kappa shape index (κ3) is 4.57. The molecular formula is C15H18ClF2IN2O4S. The molecule has 1 atom stereocenters. The van der Waals surface area contributed by atoms with Gasteiger partial charge in [0, 0.05) is 13.1 Å². The van der Waals surface area contributed by atoms with E-state index in [1.807, 2.05) is 0 Å². The lowest BCUT2D eigenvalue weighted by molar-refractivity contribution is 0.0607. The molecule has 1 aliphatic heterocycles. The first-order valence-corrected chi connectivity index (χ1v) is 10.5. The Kier molecular flexibility index (Phi) is 6.41. The minimum absolute atomic E-state index is 0.0239. The number of amides is 1. The van der Waals surface area contributed by atoms with Crippen LogP contribution in [0.15, 0.2) is 12.1 Å². The van der Waals surface area contributed by atoms with Crippen LogP contribution in [0.1, 0.15) is 27.2 Å². The molecule has 11 heteroatoms. The fourth-order valence-corrected chi connectivity index (χ4v) is 4.59. The van der Waals surface area contributed by atoms with Gasteiger partial charge in [0.05, 0.1) is 14.3 Å². The number of alkyl halides is 1. The van der Waals surface area contributed by atoms with Gasteiger partial charge >= 0.3 is 16.3 Å². The SMILES string of the molecule is CC(C)(C)OC(=O)N(c1ccc(F)c(I)c1Cl)S(=O)(=O)N1CC[C@@H](F)C1. The number of halogens is 4. The Morgan fingerprint density at radius 2 is 2.04 bits per heavy atom. The van der Waals surface area contributed by atoms with Crippen LogP contribution in [0.2, 0.25) is 5.02 Å². The Morgan fingerprint density at radius 3 is 2.54 bits per heavy atom. The molecule has 0 unspecified atom stereocenters. The Bertz CT molecular complexity index is 817. The van der Waals surface area contributed by atoms with Crippen LogP contribution >= 0.6 is 34.2 Å². The van der Waals surface area contributed by atoms with E-state index in [1.54, 1.807) is 43.4 Å². The van der Waals surface area contributed by atoms with Gasteiger partial charge in [-0.1, -0.05) is 11.6 Å². The van der Waals surface area contributed by atoms with Crippen molar-refractivity contribution >= 4 is 56.2 Å². The van der Waals surface area contributed by atoms with E-state index in [-0.39, 0.29) is 33.8 Å². The van der Waals surface area contributed by atoms with Crippen molar-refractivity contribution in [1.82, 2.24) is 4.31 Å². The van der Waals surface area contributed by atoms with Crippen LogP contribution in [0.5, 0.6) is 0 Å². The van der Waals surface area contributed by atoms with Gasteiger partial charge < -0.3 is 4.74 Å². The van der Waals surface area contributed by atoms with Crippen molar-refractivity contribution in [2.75, 3.05) is 17.4 Å². The lowest BCUT2D eigenvalue weighted by atomic mass is 10.2. The summed E-state index contributed by atoms with van der Waals surface area (Å²) in [6, 6.07) is 2.07. The molecule has 1 aromatic rings. The molecule has 6 nitrogen and oxygen atoms in total. The molecule has 0 radical (unpaired) electrons. The summed E-state index contributed by atoms with van der Waals surface area (Å²) in [6.07, 6.45) is -2.51. The predicted molar refractivity (Wildman–Crippen MR) is 103 cm³/mol. The lowest BCUT2D eigenvalue weighted by Crippen LogP contribution is -2.48. The highest BCUT2D eigenvalue weighted by Crippen LogP contribution is 2.36. The highest BCUT2D eigenvalue weighted by Gasteiger charge is 2.42. The molecule has 0 N–H and O–H groups in total. The number of ether oxygens (including phenoxy) is 1. The zero-order chi connectivity index (χ0) is 19.9. The molecule has 146 valence electrons. The zero-order valence-corrected chi connectivity index (χ0v) is 18.0. The van der Waals surface area contributed by atoms with Crippen molar-refractivity contribution in [3.8, 4) is 0 Å². The van der Waals surface area contributed by atoms with Crippen molar-refractivity contribution in [3.63, 3.8) is 0 Å². The third-order valence-electron chi connectivity index (χ3n) is 3.44. The first-order chi connectivity index (χ1) is 11.8. The molecule has 1 aromatic carbocycles. The van der Waals surface area contributed by atoms with Gasteiger partial charge in [0.2, 0.25) is 0 Å². The summed E-state index contributed by atoms with van der Waals surface area (Å²) in [5.74, 6) is -0.661. The Labute approximate surface area is 169 Å². The molecule has 0 saturated carbocycles. The normalized spacial score (nSPS) is 18.8. The number of hydrogen-bond donors (Lipinski definition) is 0. The van der Waals surface area contributed by atoms with Crippen LogP contribution in [0, 0.1) is 9.39 Å². The van der Waals surface area contributed by atoms with E-state index < -0.39 is 33.9 Å². The van der Waals surface area contributed by atoms with Gasteiger partial charge in [-0.05, 0) is 61.9 Å². The zero-order valence-electron chi connectivity index (χ0n) is 14.3. The molecule has 0 aromatic heterocycles. The number of anilines is 1. The van der Waals surface area contributed by atoms with Crippen LogP contribution in [0.3, 0.4) is 0 Å². The monoisotopic (exact) mass is 522 g/mol. The second-order valence-electron chi connectivity index (χ2n) is 6.69. The first kappa shape index (κ1) is 21.6. The van der Waals surface area contributed by atoms with Crippen molar-refractivity contribution in [2.45, 2.75) is 39.0 Å². The molecule has 1 amide bonds. The van der Waals surface area contributed by atoms with Gasteiger partial charge in [-0.3, -0.25) is 0 Å². The van der Waals surface area contributed by atoms with Crippen molar-refractivity contribution in [2.24, 2.45) is 0 Å².